The Kier molecular flexibility index (Phi) is 9.42. The van der Waals surface area contributed by atoms with Crippen LogP contribution >= 0.6 is 0 Å². The third-order valence-corrected chi connectivity index (χ3v) is 8.30. The first kappa shape index (κ1) is 30.2. The van der Waals surface area contributed by atoms with Crippen molar-refractivity contribution in [1.29, 1.82) is 5.26 Å². The van der Waals surface area contributed by atoms with E-state index in [0.717, 1.165) is 31.2 Å². The van der Waals surface area contributed by atoms with Crippen LogP contribution in [0, 0.1) is 23.1 Å². The first-order chi connectivity index (χ1) is 19.9. The van der Waals surface area contributed by atoms with Gasteiger partial charge >= 0.3 is 5.97 Å². The average Bonchev–Trinajstić information content (AvgIpc) is 3.37. The van der Waals surface area contributed by atoms with Crippen molar-refractivity contribution in [3.8, 4) is 6.07 Å². The summed E-state index contributed by atoms with van der Waals surface area (Å²) in [5, 5.41) is 24.9. The number of aromatic nitrogens is 4. The first-order valence-corrected chi connectivity index (χ1v) is 14.9. The van der Waals surface area contributed by atoms with Crippen LogP contribution in [0.15, 0.2) is 48.0 Å². The molecule has 0 spiro atoms. The molecule has 1 aliphatic heterocycles. The maximum Gasteiger partial charge on any atom is 0.338 e. The Bertz CT molecular complexity index is 1420. The van der Waals surface area contributed by atoms with Gasteiger partial charge < -0.3 is 9.84 Å². The molecule has 2 fully saturated rings. The number of rotatable bonds is 7. The van der Waals surface area contributed by atoms with Gasteiger partial charge in [0.25, 0.3) is 5.78 Å². The quantitative estimate of drug-likeness (QED) is 0.318. The summed E-state index contributed by atoms with van der Waals surface area (Å²) in [5.74, 6) is 0.0474. The van der Waals surface area contributed by atoms with E-state index in [1.165, 1.54) is 10.6 Å². The van der Waals surface area contributed by atoms with Crippen molar-refractivity contribution in [2.75, 3.05) is 0 Å². The molecule has 9 heteroatoms. The summed E-state index contributed by atoms with van der Waals surface area (Å²) < 4.78 is 22.6. The fourth-order valence-electron chi connectivity index (χ4n) is 6.02. The van der Waals surface area contributed by atoms with Crippen LogP contribution in [0.2, 0.25) is 0 Å². The summed E-state index contributed by atoms with van der Waals surface area (Å²) in [6, 6.07) is 9.08. The molecule has 3 aliphatic rings. The van der Waals surface area contributed by atoms with E-state index in [-0.39, 0.29) is 35.9 Å². The molecule has 41 heavy (non-hydrogen) atoms. The molecule has 0 amide bonds. The Morgan fingerprint density at radius 3 is 2.54 bits per heavy atom. The number of benzene rings is 1. The molecule has 2 aliphatic carbocycles. The Labute approximate surface area is 241 Å². The van der Waals surface area contributed by atoms with Crippen LogP contribution in [-0.4, -0.2) is 36.3 Å². The van der Waals surface area contributed by atoms with Crippen molar-refractivity contribution >= 4 is 11.7 Å². The lowest BCUT2D eigenvalue weighted by Crippen LogP contribution is -2.46. The van der Waals surface area contributed by atoms with E-state index < -0.39 is 17.0 Å². The van der Waals surface area contributed by atoms with E-state index in [1.54, 1.807) is 24.5 Å². The van der Waals surface area contributed by atoms with Crippen molar-refractivity contribution in [2.45, 2.75) is 103 Å². The Balaban J connectivity index is 0.000000929. The molecule has 3 aromatic rings. The van der Waals surface area contributed by atoms with Gasteiger partial charge in [0.1, 0.15) is 17.2 Å². The van der Waals surface area contributed by atoms with Gasteiger partial charge in [-0.15, -0.1) is 5.10 Å². The van der Waals surface area contributed by atoms with Crippen LogP contribution in [-0.2, 0) is 27.8 Å². The average molecular weight is 562 g/mol. The minimum Gasteiger partial charge on any atom is -0.512 e. The largest absolute Gasteiger partial charge is 0.512 e. The number of carbonyl (C=O) groups is 1. The van der Waals surface area contributed by atoms with Crippen LogP contribution in [0.3, 0.4) is 0 Å². The van der Waals surface area contributed by atoms with Gasteiger partial charge in [-0.25, -0.2) is 18.7 Å². The molecule has 1 atom stereocenters. The second-order valence-corrected chi connectivity index (χ2v) is 10.6. The van der Waals surface area contributed by atoms with E-state index in [4.69, 9.17) is 4.74 Å². The van der Waals surface area contributed by atoms with Gasteiger partial charge in [0.05, 0.1) is 17.1 Å². The number of hydrogen-bond donors (Lipinski definition) is 1. The lowest BCUT2D eigenvalue weighted by molar-refractivity contribution is -0.167. The lowest BCUT2D eigenvalue weighted by Gasteiger charge is -2.41. The molecule has 1 aromatic carbocycles. The van der Waals surface area contributed by atoms with E-state index in [2.05, 4.69) is 21.1 Å². The molecule has 1 unspecified atom stereocenters. The van der Waals surface area contributed by atoms with Crippen molar-refractivity contribution in [3.63, 3.8) is 0 Å². The van der Waals surface area contributed by atoms with Crippen LogP contribution in [0.5, 0.6) is 0 Å². The molecule has 2 saturated carbocycles. The van der Waals surface area contributed by atoms with E-state index in [9.17, 15) is 19.6 Å². The van der Waals surface area contributed by atoms with E-state index in [0.29, 0.717) is 42.8 Å². The van der Waals surface area contributed by atoms with Crippen molar-refractivity contribution in [3.05, 3.63) is 70.8 Å². The van der Waals surface area contributed by atoms with Crippen molar-refractivity contribution in [1.82, 2.24) is 19.6 Å². The number of hydrogen-bond acceptors (Lipinski definition) is 7. The minimum atomic E-state index is -0.839. The number of nitriles is 1. The predicted molar refractivity (Wildman–Crippen MR) is 153 cm³/mol. The molecule has 6 rings (SSSR count). The molecule has 1 N–H and O–H groups in total. The summed E-state index contributed by atoms with van der Waals surface area (Å²) in [6.07, 6.45) is 9.94. The lowest BCUT2D eigenvalue weighted by atomic mass is 9.76. The third-order valence-electron chi connectivity index (χ3n) is 8.30. The van der Waals surface area contributed by atoms with Gasteiger partial charge in [-0.05, 0) is 62.1 Å². The van der Waals surface area contributed by atoms with Crippen LogP contribution in [0.25, 0.3) is 5.78 Å². The zero-order valence-corrected chi connectivity index (χ0v) is 24.5. The van der Waals surface area contributed by atoms with Crippen molar-refractivity contribution < 1.29 is 19.0 Å². The highest BCUT2D eigenvalue weighted by molar-refractivity contribution is 5.90. The number of esters is 1. The summed E-state index contributed by atoms with van der Waals surface area (Å²) in [6.45, 7) is 8.00. The number of nitrogens with zero attached hydrogens (tertiary/aromatic N) is 5. The van der Waals surface area contributed by atoms with Crippen LogP contribution in [0.1, 0.15) is 96.0 Å². The minimum absolute atomic E-state index is 0.0150. The molecular weight excluding hydrogens is 521 g/mol. The fourth-order valence-corrected chi connectivity index (χ4v) is 6.02. The maximum atomic E-state index is 14.9. The van der Waals surface area contributed by atoms with Gasteiger partial charge in [-0.1, -0.05) is 52.7 Å². The van der Waals surface area contributed by atoms with Crippen LogP contribution < -0.4 is 0 Å². The number of aliphatic hydroxyl groups excluding tert-OH is 1. The summed E-state index contributed by atoms with van der Waals surface area (Å²) in [4.78, 5) is 21.7. The second-order valence-electron chi connectivity index (χ2n) is 10.6. The monoisotopic (exact) mass is 561 g/mol. The smallest absolute Gasteiger partial charge is 0.338 e. The van der Waals surface area contributed by atoms with E-state index in [1.807, 2.05) is 33.8 Å². The highest BCUT2D eigenvalue weighted by atomic mass is 19.1. The third kappa shape index (κ3) is 6.12. The topological polar surface area (TPSA) is 113 Å². The molecular formula is C32H40FN5O3. The number of carbonyl (C=O) groups excluding carboxylic acids is 1. The SMILES string of the molecule is CC.CC.N#CC1(c2ccc(CCC3(C4CCCC4)CC(O)=C(Cc4nc5ncccn5n4)C(=O)O3)cc2F)CC1. The molecule has 0 radical (unpaired) electrons. The van der Waals surface area contributed by atoms with Gasteiger partial charge in [-0.2, -0.15) is 10.2 Å². The Hall–Kier alpha value is -3.80. The standard InChI is InChI=1S/C28H28FN5O3.2C2H6/c29-22-14-18(6-7-21(22)27(17-30)10-11-27)8-9-28(19-4-1-2-5-19)16-23(35)20(25(36)37-28)15-24-32-26-31-12-3-13-34(26)33-24;2*1-2/h3,6-7,12-14,19,35H,1-2,4-5,8-11,15-16H2;2*1-2H3. The Morgan fingerprint density at radius 2 is 1.93 bits per heavy atom. The number of halogens is 1. The van der Waals surface area contributed by atoms with Gasteiger partial charge in [0, 0.05) is 30.8 Å². The van der Waals surface area contributed by atoms with Crippen molar-refractivity contribution in [2.24, 2.45) is 5.92 Å². The molecule has 218 valence electrons. The number of aryl methyl sites for hydroxylation is 1. The number of cyclic esters (lactones) is 1. The number of aliphatic hydroxyl groups is 1. The highest BCUT2D eigenvalue weighted by Crippen LogP contribution is 2.49. The van der Waals surface area contributed by atoms with Gasteiger partial charge in [0.2, 0.25) is 0 Å². The van der Waals surface area contributed by atoms with Gasteiger partial charge in [0.15, 0.2) is 5.82 Å². The molecule has 0 saturated heterocycles. The van der Waals surface area contributed by atoms with Gasteiger partial charge in [-0.3, -0.25) is 0 Å². The van der Waals surface area contributed by atoms with Crippen LogP contribution in [0.4, 0.5) is 4.39 Å². The molecule has 2 aromatic heterocycles. The molecule has 3 heterocycles. The Morgan fingerprint density at radius 1 is 1.20 bits per heavy atom. The second kappa shape index (κ2) is 12.8. The predicted octanol–water partition coefficient (Wildman–Crippen LogP) is 6.73. The summed E-state index contributed by atoms with van der Waals surface area (Å²) in [7, 11) is 0. The molecule has 8 nitrogen and oxygen atoms in total. The maximum absolute atomic E-state index is 14.9. The first-order valence-electron chi connectivity index (χ1n) is 14.9. The summed E-state index contributed by atoms with van der Waals surface area (Å²) in [5.41, 5.74) is -0.0837. The number of fused-ring (bicyclic) bond motifs is 1. The van der Waals surface area contributed by atoms with E-state index >= 15 is 0 Å². The number of ether oxygens (including phenoxy) is 1. The highest BCUT2D eigenvalue weighted by Gasteiger charge is 2.49. The molecule has 0 bridgehead atoms. The zero-order valence-electron chi connectivity index (χ0n) is 24.5. The fraction of sp³-hybridized carbons (Fsp3) is 0.531. The summed E-state index contributed by atoms with van der Waals surface area (Å²) >= 11 is 0. The normalized spacial score (nSPS) is 21.3. The zero-order chi connectivity index (χ0) is 29.6.